The Morgan fingerprint density at radius 2 is 1.45 bits per heavy atom. The third-order valence-corrected chi connectivity index (χ3v) is 3.84. The van der Waals surface area contributed by atoms with Crippen LogP contribution in [0.3, 0.4) is 0 Å². The molecular formula is C13H8BrCl3N2O. The van der Waals surface area contributed by atoms with Gasteiger partial charge in [-0.05, 0) is 52.3 Å². The molecule has 0 spiro atoms. The molecule has 0 atom stereocenters. The van der Waals surface area contributed by atoms with E-state index in [4.69, 9.17) is 34.8 Å². The summed E-state index contributed by atoms with van der Waals surface area (Å²) in [4.78, 5) is 11.9. The fourth-order valence-electron chi connectivity index (χ4n) is 1.46. The summed E-state index contributed by atoms with van der Waals surface area (Å²) in [7, 11) is 0. The number of hydrogen-bond donors (Lipinski definition) is 2. The first-order chi connectivity index (χ1) is 9.45. The van der Waals surface area contributed by atoms with Crippen LogP contribution >= 0.6 is 50.7 Å². The normalized spacial score (nSPS) is 10.2. The van der Waals surface area contributed by atoms with Crippen LogP contribution in [0, 0.1) is 0 Å². The number of amides is 2. The largest absolute Gasteiger partial charge is 0.323 e. The van der Waals surface area contributed by atoms with Gasteiger partial charge in [-0.25, -0.2) is 4.79 Å². The molecule has 0 radical (unpaired) electrons. The number of carbonyl (C=O) groups is 1. The first-order valence-electron chi connectivity index (χ1n) is 5.44. The van der Waals surface area contributed by atoms with Gasteiger partial charge >= 0.3 is 6.03 Å². The summed E-state index contributed by atoms with van der Waals surface area (Å²) >= 11 is 21.0. The summed E-state index contributed by atoms with van der Waals surface area (Å²) in [6, 6.07) is 9.45. The van der Waals surface area contributed by atoms with Gasteiger partial charge in [0.2, 0.25) is 0 Å². The molecule has 0 unspecified atom stereocenters. The zero-order valence-electron chi connectivity index (χ0n) is 9.88. The van der Waals surface area contributed by atoms with Crippen molar-refractivity contribution >= 4 is 68.1 Å². The summed E-state index contributed by atoms with van der Waals surface area (Å²) in [6.07, 6.45) is 0. The van der Waals surface area contributed by atoms with Gasteiger partial charge in [0.05, 0.1) is 16.4 Å². The maximum Gasteiger partial charge on any atom is 0.323 e. The molecule has 2 amide bonds. The Morgan fingerprint density at radius 3 is 2.15 bits per heavy atom. The van der Waals surface area contributed by atoms with Crippen molar-refractivity contribution in [2.24, 2.45) is 0 Å². The highest BCUT2D eigenvalue weighted by molar-refractivity contribution is 9.10. The van der Waals surface area contributed by atoms with E-state index in [1.165, 1.54) is 0 Å². The molecule has 2 aromatic carbocycles. The average Bonchev–Trinajstić information content (AvgIpc) is 2.38. The third kappa shape index (κ3) is 4.03. The fraction of sp³-hybridized carbons (Fsp3) is 0. The first kappa shape index (κ1) is 15.4. The molecule has 0 bridgehead atoms. The first-order valence-corrected chi connectivity index (χ1v) is 7.36. The number of anilines is 2. The highest BCUT2D eigenvalue weighted by atomic mass is 79.9. The molecule has 0 aliphatic rings. The van der Waals surface area contributed by atoms with Gasteiger partial charge in [0.25, 0.3) is 0 Å². The lowest BCUT2D eigenvalue weighted by atomic mass is 10.3. The van der Waals surface area contributed by atoms with Crippen molar-refractivity contribution in [1.82, 2.24) is 0 Å². The molecule has 0 aliphatic carbocycles. The minimum atomic E-state index is -0.447. The minimum Gasteiger partial charge on any atom is -0.307 e. The van der Waals surface area contributed by atoms with E-state index in [1.54, 1.807) is 36.4 Å². The van der Waals surface area contributed by atoms with Crippen LogP contribution in [0.15, 0.2) is 40.9 Å². The lowest BCUT2D eigenvalue weighted by Crippen LogP contribution is -2.19. The topological polar surface area (TPSA) is 41.1 Å². The molecule has 2 aromatic rings. The van der Waals surface area contributed by atoms with E-state index >= 15 is 0 Å². The standard InChI is InChI=1S/C13H8BrCl3N2O/c14-9-3-1-7(15)5-11(9)18-13(20)19-12-6-8(16)2-4-10(12)17/h1-6H,(H2,18,19,20). The molecule has 3 nitrogen and oxygen atoms in total. The number of urea groups is 1. The monoisotopic (exact) mass is 392 g/mol. The Labute approximate surface area is 139 Å². The molecule has 0 saturated carbocycles. The highest BCUT2D eigenvalue weighted by Crippen LogP contribution is 2.28. The number of rotatable bonds is 2. The quantitative estimate of drug-likeness (QED) is 0.639. The predicted molar refractivity (Wildman–Crippen MR) is 88.3 cm³/mol. The number of hydrogen-bond acceptors (Lipinski definition) is 1. The van der Waals surface area contributed by atoms with Crippen molar-refractivity contribution < 1.29 is 4.79 Å². The molecule has 2 rings (SSSR count). The molecule has 20 heavy (non-hydrogen) atoms. The van der Waals surface area contributed by atoms with Crippen molar-refractivity contribution in [3.63, 3.8) is 0 Å². The molecule has 0 heterocycles. The molecule has 7 heteroatoms. The van der Waals surface area contributed by atoms with Crippen LogP contribution in [0.4, 0.5) is 16.2 Å². The summed E-state index contributed by atoms with van der Waals surface area (Å²) in [5.74, 6) is 0. The van der Waals surface area contributed by atoms with Gasteiger partial charge in [0.15, 0.2) is 0 Å². The smallest absolute Gasteiger partial charge is 0.307 e. The van der Waals surface area contributed by atoms with E-state index in [9.17, 15) is 4.79 Å². The van der Waals surface area contributed by atoms with E-state index in [0.717, 1.165) is 0 Å². The second-order valence-corrected chi connectivity index (χ2v) is 5.96. The second-order valence-electron chi connectivity index (χ2n) is 3.83. The molecule has 2 N–H and O–H groups in total. The number of carbonyl (C=O) groups excluding carboxylic acids is 1. The predicted octanol–water partition coefficient (Wildman–Crippen LogP) is 6.05. The van der Waals surface area contributed by atoms with Gasteiger partial charge in [-0.2, -0.15) is 0 Å². The molecule has 0 aliphatic heterocycles. The van der Waals surface area contributed by atoms with Gasteiger partial charge in [-0.3, -0.25) is 0 Å². The summed E-state index contributed by atoms with van der Waals surface area (Å²) < 4.78 is 0.717. The van der Waals surface area contributed by atoms with Crippen molar-refractivity contribution in [3.8, 4) is 0 Å². The van der Waals surface area contributed by atoms with Gasteiger partial charge in [-0.1, -0.05) is 34.8 Å². The lowest BCUT2D eigenvalue weighted by molar-refractivity contribution is 0.262. The zero-order chi connectivity index (χ0) is 14.7. The van der Waals surface area contributed by atoms with Crippen molar-refractivity contribution in [3.05, 3.63) is 55.9 Å². The number of halogens is 4. The van der Waals surface area contributed by atoms with Gasteiger partial charge in [0, 0.05) is 14.5 Å². The highest BCUT2D eigenvalue weighted by Gasteiger charge is 2.09. The third-order valence-electron chi connectivity index (χ3n) is 2.35. The molecule has 0 saturated heterocycles. The van der Waals surface area contributed by atoms with Crippen LogP contribution in [0.25, 0.3) is 0 Å². The molecule has 104 valence electrons. The Morgan fingerprint density at radius 1 is 0.900 bits per heavy atom. The van der Waals surface area contributed by atoms with Gasteiger partial charge in [-0.15, -0.1) is 0 Å². The van der Waals surface area contributed by atoms with Crippen LogP contribution in [0.5, 0.6) is 0 Å². The summed E-state index contributed by atoms with van der Waals surface area (Å²) in [6.45, 7) is 0. The van der Waals surface area contributed by atoms with E-state index < -0.39 is 6.03 Å². The lowest BCUT2D eigenvalue weighted by Gasteiger charge is -2.10. The SMILES string of the molecule is O=C(Nc1cc(Cl)ccc1Cl)Nc1cc(Cl)ccc1Br. The van der Waals surface area contributed by atoms with Gasteiger partial charge in [0.1, 0.15) is 0 Å². The van der Waals surface area contributed by atoms with E-state index in [2.05, 4.69) is 26.6 Å². The summed E-state index contributed by atoms with van der Waals surface area (Å²) in [5.41, 5.74) is 0.975. The minimum absolute atomic E-state index is 0.398. The number of benzene rings is 2. The van der Waals surface area contributed by atoms with Crippen molar-refractivity contribution in [2.75, 3.05) is 10.6 Å². The second kappa shape index (κ2) is 6.68. The maximum absolute atomic E-state index is 11.9. The van der Waals surface area contributed by atoms with Crippen LogP contribution in [0.1, 0.15) is 0 Å². The Kier molecular flexibility index (Phi) is 5.16. The molecule has 0 fully saturated rings. The van der Waals surface area contributed by atoms with E-state index in [0.29, 0.717) is 30.9 Å². The van der Waals surface area contributed by atoms with E-state index in [-0.39, 0.29) is 0 Å². The summed E-state index contributed by atoms with van der Waals surface area (Å²) in [5, 5.41) is 6.67. The maximum atomic E-state index is 11.9. The molecular weight excluding hydrogens is 386 g/mol. The Balaban J connectivity index is 2.13. The van der Waals surface area contributed by atoms with Crippen LogP contribution in [-0.4, -0.2) is 6.03 Å². The van der Waals surface area contributed by atoms with Crippen molar-refractivity contribution in [1.29, 1.82) is 0 Å². The fourth-order valence-corrected chi connectivity index (χ4v) is 2.32. The molecule has 0 aromatic heterocycles. The van der Waals surface area contributed by atoms with Crippen LogP contribution < -0.4 is 10.6 Å². The number of nitrogens with one attached hydrogen (secondary N) is 2. The van der Waals surface area contributed by atoms with Crippen LogP contribution in [-0.2, 0) is 0 Å². The zero-order valence-corrected chi connectivity index (χ0v) is 13.7. The Hall–Kier alpha value is -0.940. The van der Waals surface area contributed by atoms with Crippen molar-refractivity contribution in [2.45, 2.75) is 0 Å². The Bertz CT molecular complexity index is 609. The van der Waals surface area contributed by atoms with E-state index in [1.807, 2.05) is 0 Å². The average molecular weight is 394 g/mol. The van der Waals surface area contributed by atoms with Gasteiger partial charge < -0.3 is 10.6 Å². The van der Waals surface area contributed by atoms with Crippen LogP contribution in [0.2, 0.25) is 15.1 Å².